The molecule has 5 nitrogen and oxygen atoms in total. The Hall–Kier alpha value is -0.0800. The molecule has 2 heterocycles. The van der Waals surface area contributed by atoms with Crippen LogP contribution in [0.3, 0.4) is 0 Å². The van der Waals surface area contributed by atoms with Crippen LogP contribution in [0.1, 0.15) is 58.3 Å². The van der Waals surface area contributed by atoms with E-state index < -0.39 is 0 Å². The van der Waals surface area contributed by atoms with E-state index in [4.69, 9.17) is 4.74 Å². The average molecular weight is 476 g/mol. The zero-order valence-corrected chi connectivity index (χ0v) is 18.8. The minimum atomic E-state index is 0. The van der Waals surface area contributed by atoms with Crippen LogP contribution in [0.5, 0.6) is 0 Å². The predicted molar refractivity (Wildman–Crippen MR) is 117 cm³/mol. The molecule has 0 aromatic carbocycles. The number of rotatable bonds is 5. The molecule has 1 spiro atoms. The molecule has 0 aromatic heterocycles. The minimum absolute atomic E-state index is 0. The second-order valence-electron chi connectivity index (χ2n) is 8.55. The van der Waals surface area contributed by atoms with Crippen LogP contribution in [0.15, 0.2) is 4.99 Å². The van der Waals surface area contributed by atoms with Crippen molar-refractivity contribution < 1.29 is 4.74 Å². The Balaban J connectivity index is 0.00000196. The van der Waals surface area contributed by atoms with Gasteiger partial charge in [0.15, 0.2) is 5.96 Å². The van der Waals surface area contributed by atoms with Crippen LogP contribution >= 0.6 is 24.0 Å². The van der Waals surface area contributed by atoms with Crippen LogP contribution in [0.25, 0.3) is 0 Å². The molecule has 2 aliphatic heterocycles. The predicted octanol–water partition coefficient (Wildman–Crippen LogP) is 2.99. The Bertz CT molecular complexity index is 496. The molecule has 0 bridgehead atoms. The van der Waals surface area contributed by atoms with Gasteiger partial charge in [-0.05, 0) is 45.1 Å². The molecule has 2 N–H and O–H groups in total. The second-order valence-corrected chi connectivity index (χ2v) is 8.55. The van der Waals surface area contributed by atoms with Gasteiger partial charge >= 0.3 is 0 Å². The van der Waals surface area contributed by atoms with Crippen molar-refractivity contribution in [1.29, 1.82) is 0 Å². The molecule has 4 atom stereocenters. The summed E-state index contributed by atoms with van der Waals surface area (Å²) in [4.78, 5) is 7.17. The number of piperidine rings is 1. The van der Waals surface area contributed by atoms with E-state index in [-0.39, 0.29) is 24.0 Å². The molecule has 0 aromatic rings. The van der Waals surface area contributed by atoms with Gasteiger partial charge in [-0.15, -0.1) is 24.0 Å². The maximum absolute atomic E-state index is 6.03. The molecule has 2 saturated heterocycles. The van der Waals surface area contributed by atoms with Gasteiger partial charge in [-0.2, -0.15) is 0 Å². The second kappa shape index (κ2) is 8.95. The normalized spacial score (nSPS) is 35.8. The zero-order chi connectivity index (χ0) is 17.3. The Kier molecular flexibility index (Phi) is 7.11. The number of ether oxygens (including phenoxy) is 1. The minimum Gasteiger partial charge on any atom is -0.377 e. The van der Waals surface area contributed by atoms with Gasteiger partial charge in [-0.25, -0.2) is 0 Å². The van der Waals surface area contributed by atoms with Gasteiger partial charge in [0, 0.05) is 50.2 Å². The van der Waals surface area contributed by atoms with Crippen LogP contribution in [0.4, 0.5) is 0 Å². The summed E-state index contributed by atoms with van der Waals surface area (Å²) in [7, 11) is 1.90. The van der Waals surface area contributed by atoms with Crippen molar-refractivity contribution >= 4 is 29.9 Å². The van der Waals surface area contributed by atoms with Crippen LogP contribution in [0.2, 0.25) is 0 Å². The number of guanidine groups is 1. The average Bonchev–Trinajstić information content (AvgIpc) is 3.02. The quantitative estimate of drug-likeness (QED) is 0.364. The standard InChI is InChI=1S/C20H36N4O.HI/c1-3-15-7-4-5-12-24(15)13-11-22-19(21-2)23-17-16-8-14-25-18(16)20(17)9-6-10-20;/h15-18H,3-14H2,1-2H3,(H2,21,22,23);1H. The highest BCUT2D eigenvalue weighted by Crippen LogP contribution is 2.62. The molecule has 26 heavy (non-hydrogen) atoms. The third-order valence-electron chi connectivity index (χ3n) is 7.46. The first-order valence-corrected chi connectivity index (χ1v) is 10.6. The van der Waals surface area contributed by atoms with E-state index in [1.54, 1.807) is 0 Å². The smallest absolute Gasteiger partial charge is 0.191 e. The summed E-state index contributed by atoms with van der Waals surface area (Å²) in [6, 6.07) is 1.35. The molecule has 4 aliphatic rings. The van der Waals surface area contributed by atoms with E-state index in [1.165, 1.54) is 57.9 Å². The number of nitrogens with zero attached hydrogens (tertiary/aromatic N) is 2. The van der Waals surface area contributed by atoms with Crippen LogP contribution in [-0.2, 0) is 4.74 Å². The summed E-state index contributed by atoms with van der Waals surface area (Å²) in [5, 5.41) is 7.35. The summed E-state index contributed by atoms with van der Waals surface area (Å²) >= 11 is 0. The first kappa shape index (κ1) is 20.6. The van der Waals surface area contributed by atoms with Crippen molar-refractivity contribution in [3.8, 4) is 0 Å². The molecule has 4 fully saturated rings. The number of hydrogen-bond donors (Lipinski definition) is 2. The Labute approximate surface area is 176 Å². The lowest BCUT2D eigenvalue weighted by molar-refractivity contribution is -0.171. The summed E-state index contributed by atoms with van der Waals surface area (Å²) in [5.41, 5.74) is 0.416. The van der Waals surface area contributed by atoms with Gasteiger partial charge in [0.05, 0.1) is 6.10 Å². The molecule has 0 radical (unpaired) electrons. The van der Waals surface area contributed by atoms with Gasteiger partial charge in [-0.1, -0.05) is 19.8 Å². The third-order valence-corrected chi connectivity index (χ3v) is 7.46. The number of fused-ring (bicyclic) bond motifs is 2. The van der Waals surface area contributed by atoms with Gasteiger partial charge in [0.25, 0.3) is 0 Å². The molecule has 4 rings (SSSR count). The topological polar surface area (TPSA) is 48.9 Å². The van der Waals surface area contributed by atoms with E-state index in [1.807, 2.05) is 7.05 Å². The van der Waals surface area contributed by atoms with E-state index in [0.29, 0.717) is 23.5 Å². The fourth-order valence-electron chi connectivity index (χ4n) is 5.93. The summed E-state index contributed by atoms with van der Waals surface area (Å²) in [6.07, 6.45) is 11.2. The monoisotopic (exact) mass is 476 g/mol. The van der Waals surface area contributed by atoms with E-state index >= 15 is 0 Å². The summed E-state index contributed by atoms with van der Waals surface area (Å²) < 4.78 is 6.03. The van der Waals surface area contributed by atoms with Crippen molar-refractivity contribution in [1.82, 2.24) is 15.5 Å². The van der Waals surface area contributed by atoms with Gasteiger partial charge < -0.3 is 15.4 Å². The Morgan fingerprint density at radius 1 is 1.23 bits per heavy atom. The maximum atomic E-state index is 6.03. The SMILES string of the molecule is CCC1CCCCN1CCNC(=NC)NC1C2CCOC2C12CCC2.I. The number of likely N-dealkylation sites (tertiary alicyclic amines) is 1. The summed E-state index contributed by atoms with van der Waals surface area (Å²) in [5.74, 6) is 1.69. The van der Waals surface area contributed by atoms with E-state index in [9.17, 15) is 0 Å². The molecular weight excluding hydrogens is 439 g/mol. The number of nitrogens with one attached hydrogen (secondary N) is 2. The fraction of sp³-hybridized carbons (Fsp3) is 0.950. The Morgan fingerprint density at radius 3 is 2.77 bits per heavy atom. The van der Waals surface area contributed by atoms with Crippen molar-refractivity contribution in [2.24, 2.45) is 16.3 Å². The molecule has 150 valence electrons. The highest BCUT2D eigenvalue weighted by atomic mass is 127. The lowest BCUT2D eigenvalue weighted by Crippen LogP contribution is -2.72. The number of halogens is 1. The first-order chi connectivity index (χ1) is 12.3. The zero-order valence-electron chi connectivity index (χ0n) is 16.5. The highest BCUT2D eigenvalue weighted by Gasteiger charge is 2.66. The van der Waals surface area contributed by atoms with Gasteiger partial charge in [0.1, 0.15) is 0 Å². The molecule has 2 saturated carbocycles. The third kappa shape index (κ3) is 3.62. The maximum Gasteiger partial charge on any atom is 0.191 e. The van der Waals surface area contributed by atoms with E-state index in [0.717, 1.165) is 31.7 Å². The van der Waals surface area contributed by atoms with Crippen molar-refractivity contribution in [3.05, 3.63) is 0 Å². The number of hydrogen-bond acceptors (Lipinski definition) is 3. The van der Waals surface area contributed by atoms with Crippen molar-refractivity contribution in [3.63, 3.8) is 0 Å². The lowest BCUT2D eigenvalue weighted by atomic mass is 9.46. The lowest BCUT2D eigenvalue weighted by Gasteiger charge is -2.63. The first-order valence-electron chi connectivity index (χ1n) is 10.6. The van der Waals surface area contributed by atoms with Crippen LogP contribution in [-0.4, -0.2) is 62.3 Å². The number of aliphatic imine (C=N–C) groups is 1. The van der Waals surface area contributed by atoms with Gasteiger partial charge in [-0.3, -0.25) is 9.89 Å². The molecular formula is C20H37IN4O. The highest BCUT2D eigenvalue weighted by molar-refractivity contribution is 14.0. The fourth-order valence-corrected chi connectivity index (χ4v) is 5.93. The molecule has 2 aliphatic carbocycles. The van der Waals surface area contributed by atoms with Crippen molar-refractivity contribution in [2.75, 3.05) is 33.3 Å². The molecule has 4 unspecified atom stereocenters. The molecule has 6 heteroatoms. The van der Waals surface area contributed by atoms with Crippen molar-refractivity contribution in [2.45, 2.75) is 76.5 Å². The summed E-state index contributed by atoms with van der Waals surface area (Å²) in [6.45, 7) is 6.66. The largest absolute Gasteiger partial charge is 0.377 e. The van der Waals surface area contributed by atoms with Gasteiger partial charge in [0.2, 0.25) is 0 Å². The molecule has 0 amide bonds. The van der Waals surface area contributed by atoms with Crippen LogP contribution in [0, 0.1) is 11.3 Å². The Morgan fingerprint density at radius 2 is 2.08 bits per heavy atom. The van der Waals surface area contributed by atoms with E-state index in [2.05, 4.69) is 27.4 Å². The van der Waals surface area contributed by atoms with Crippen LogP contribution < -0.4 is 10.6 Å².